The normalized spacial score (nSPS) is 11.9. The summed E-state index contributed by atoms with van der Waals surface area (Å²) in [4.78, 5) is 17.9. The first kappa shape index (κ1) is 17.7. The fourth-order valence-electron chi connectivity index (χ4n) is 2.49. The number of benzene rings is 2. The third kappa shape index (κ3) is 4.48. The molecule has 0 aliphatic heterocycles. The number of hydroxylamine groups is 1. The lowest BCUT2D eigenvalue weighted by molar-refractivity contribution is -0.138. The van der Waals surface area contributed by atoms with Crippen LogP contribution in [0.3, 0.4) is 0 Å². The number of hydrogen-bond acceptors (Lipinski definition) is 5. The molecule has 0 aliphatic rings. The van der Waals surface area contributed by atoms with E-state index in [-0.39, 0.29) is 18.3 Å². The number of rotatable bonds is 7. The van der Waals surface area contributed by atoms with Crippen LogP contribution in [0.2, 0.25) is 0 Å². The van der Waals surface area contributed by atoms with Gasteiger partial charge in [0.05, 0.1) is 6.61 Å². The number of nitrogens with zero attached hydrogens (tertiary/aromatic N) is 4. The van der Waals surface area contributed by atoms with E-state index in [0.717, 1.165) is 11.1 Å². The van der Waals surface area contributed by atoms with Crippen molar-refractivity contribution in [2.75, 3.05) is 0 Å². The number of aromatic nitrogens is 4. The van der Waals surface area contributed by atoms with Crippen molar-refractivity contribution in [3.63, 3.8) is 0 Å². The summed E-state index contributed by atoms with van der Waals surface area (Å²) in [5.74, 6) is -0.166. The van der Waals surface area contributed by atoms with Crippen molar-refractivity contribution in [1.82, 2.24) is 25.7 Å². The van der Waals surface area contributed by atoms with Crippen molar-refractivity contribution >= 4 is 5.91 Å². The molecule has 0 saturated carbocycles. The Bertz CT molecular complexity index is 852. The van der Waals surface area contributed by atoms with E-state index in [2.05, 4.69) is 21.0 Å². The molecule has 1 N–H and O–H groups in total. The number of halogens is 1. The minimum atomic E-state index is -0.652. The summed E-state index contributed by atoms with van der Waals surface area (Å²) in [6.45, 7) is 1.85. The van der Waals surface area contributed by atoms with Crippen LogP contribution in [-0.4, -0.2) is 26.1 Å². The Morgan fingerprint density at radius 1 is 1.15 bits per heavy atom. The lowest BCUT2D eigenvalue weighted by Gasteiger charge is -2.17. The highest BCUT2D eigenvalue weighted by atomic mass is 19.1. The molecule has 134 valence electrons. The molecule has 0 radical (unpaired) electrons. The van der Waals surface area contributed by atoms with Crippen molar-refractivity contribution in [2.24, 2.45) is 0 Å². The molecule has 8 heteroatoms. The molecule has 0 saturated heterocycles. The van der Waals surface area contributed by atoms with Crippen molar-refractivity contribution in [3.05, 3.63) is 77.4 Å². The predicted octanol–water partition coefficient (Wildman–Crippen LogP) is 2.15. The van der Waals surface area contributed by atoms with E-state index >= 15 is 0 Å². The average Bonchev–Trinajstić information content (AvgIpc) is 3.08. The van der Waals surface area contributed by atoms with Gasteiger partial charge in [0.2, 0.25) is 0 Å². The fraction of sp³-hybridized carbons (Fsp3) is 0.222. The van der Waals surface area contributed by atoms with Crippen molar-refractivity contribution < 1.29 is 14.0 Å². The van der Waals surface area contributed by atoms with Gasteiger partial charge in [-0.05, 0) is 40.6 Å². The van der Waals surface area contributed by atoms with Gasteiger partial charge in [-0.25, -0.2) is 14.6 Å². The predicted molar refractivity (Wildman–Crippen MR) is 91.1 cm³/mol. The van der Waals surface area contributed by atoms with Crippen LogP contribution in [0.5, 0.6) is 0 Å². The van der Waals surface area contributed by atoms with Gasteiger partial charge in [0, 0.05) is 6.42 Å². The molecule has 7 nitrogen and oxygen atoms in total. The van der Waals surface area contributed by atoms with Gasteiger partial charge < -0.3 is 0 Å². The maximum Gasteiger partial charge on any atom is 0.268 e. The number of carbonyl (C=O) groups excluding carboxylic acids is 1. The Labute approximate surface area is 149 Å². The van der Waals surface area contributed by atoms with Crippen LogP contribution in [0.1, 0.15) is 23.0 Å². The summed E-state index contributed by atoms with van der Waals surface area (Å²) in [5, 5.41) is 11.4. The van der Waals surface area contributed by atoms with Crippen LogP contribution in [0.25, 0.3) is 0 Å². The lowest BCUT2D eigenvalue weighted by Crippen LogP contribution is -2.35. The Morgan fingerprint density at radius 3 is 2.54 bits per heavy atom. The van der Waals surface area contributed by atoms with Crippen LogP contribution < -0.4 is 5.48 Å². The van der Waals surface area contributed by atoms with Crippen LogP contribution >= 0.6 is 0 Å². The summed E-state index contributed by atoms with van der Waals surface area (Å²) in [7, 11) is 0. The minimum absolute atomic E-state index is 0.124. The first-order valence-corrected chi connectivity index (χ1v) is 8.08. The van der Waals surface area contributed by atoms with E-state index in [1.165, 1.54) is 16.8 Å². The monoisotopic (exact) mass is 355 g/mol. The molecule has 1 unspecified atom stereocenters. The number of hydrogen-bond donors (Lipinski definition) is 1. The Morgan fingerprint density at radius 2 is 1.88 bits per heavy atom. The summed E-state index contributed by atoms with van der Waals surface area (Å²) in [6, 6.07) is 14.8. The van der Waals surface area contributed by atoms with Gasteiger partial charge in [-0.3, -0.25) is 9.63 Å². The summed E-state index contributed by atoms with van der Waals surface area (Å²) >= 11 is 0. The number of tetrazole rings is 1. The third-order valence-electron chi connectivity index (χ3n) is 3.85. The topological polar surface area (TPSA) is 81.9 Å². The molecule has 1 aromatic heterocycles. The van der Waals surface area contributed by atoms with E-state index in [4.69, 9.17) is 4.84 Å². The zero-order valence-corrected chi connectivity index (χ0v) is 14.2. The highest BCUT2D eigenvalue weighted by Crippen LogP contribution is 2.15. The molecule has 3 rings (SSSR count). The zero-order chi connectivity index (χ0) is 18.4. The second kappa shape index (κ2) is 8.30. The maximum atomic E-state index is 12.9. The molecule has 1 heterocycles. The summed E-state index contributed by atoms with van der Waals surface area (Å²) in [5.41, 5.74) is 4.15. The van der Waals surface area contributed by atoms with E-state index in [1.54, 1.807) is 19.1 Å². The average molecular weight is 355 g/mol. The number of carbonyl (C=O) groups is 1. The molecule has 2 aromatic carbocycles. The first-order valence-electron chi connectivity index (χ1n) is 8.08. The Kier molecular flexibility index (Phi) is 5.65. The molecular weight excluding hydrogens is 337 g/mol. The summed E-state index contributed by atoms with van der Waals surface area (Å²) < 4.78 is 14.4. The van der Waals surface area contributed by atoms with E-state index in [0.29, 0.717) is 12.2 Å². The molecule has 0 spiro atoms. The number of nitrogens with one attached hydrogen (secondary N) is 1. The van der Waals surface area contributed by atoms with Crippen LogP contribution in [0, 0.1) is 12.7 Å². The van der Waals surface area contributed by atoms with Crippen molar-refractivity contribution in [1.29, 1.82) is 0 Å². The van der Waals surface area contributed by atoms with Gasteiger partial charge in [0.25, 0.3) is 5.91 Å². The molecule has 26 heavy (non-hydrogen) atoms. The SMILES string of the molecule is Cc1nnnn1C(Cc1ccccc1)C(=O)NOCc1ccc(F)cc1. The number of aryl methyl sites for hydroxylation is 1. The van der Waals surface area contributed by atoms with Gasteiger partial charge in [0.15, 0.2) is 0 Å². The van der Waals surface area contributed by atoms with Crippen LogP contribution in [-0.2, 0) is 22.7 Å². The zero-order valence-electron chi connectivity index (χ0n) is 14.2. The van der Waals surface area contributed by atoms with Crippen molar-refractivity contribution in [2.45, 2.75) is 26.0 Å². The quantitative estimate of drug-likeness (QED) is 0.657. The smallest absolute Gasteiger partial charge is 0.268 e. The second-order valence-corrected chi connectivity index (χ2v) is 5.76. The van der Waals surface area contributed by atoms with Gasteiger partial charge in [-0.1, -0.05) is 42.5 Å². The van der Waals surface area contributed by atoms with Crippen molar-refractivity contribution in [3.8, 4) is 0 Å². The largest absolute Gasteiger partial charge is 0.270 e. The van der Waals surface area contributed by atoms with E-state index < -0.39 is 6.04 Å². The molecule has 1 amide bonds. The second-order valence-electron chi connectivity index (χ2n) is 5.76. The molecule has 0 aliphatic carbocycles. The highest BCUT2D eigenvalue weighted by Gasteiger charge is 2.24. The standard InChI is InChI=1S/C18H18FN5O2/c1-13-20-22-23-24(13)17(11-14-5-3-2-4-6-14)18(25)21-26-12-15-7-9-16(19)10-8-15/h2-10,17H,11-12H2,1H3,(H,21,25). The van der Waals surface area contributed by atoms with Gasteiger partial charge in [0.1, 0.15) is 17.7 Å². The highest BCUT2D eigenvalue weighted by molar-refractivity contribution is 5.79. The Hall–Kier alpha value is -3.13. The lowest BCUT2D eigenvalue weighted by atomic mass is 10.1. The van der Waals surface area contributed by atoms with Crippen LogP contribution in [0.4, 0.5) is 4.39 Å². The molecule has 0 bridgehead atoms. The molecule has 3 aromatic rings. The minimum Gasteiger partial charge on any atom is -0.270 e. The fourth-order valence-corrected chi connectivity index (χ4v) is 2.49. The maximum absolute atomic E-state index is 12.9. The van der Waals surface area contributed by atoms with Crippen LogP contribution in [0.15, 0.2) is 54.6 Å². The first-order chi connectivity index (χ1) is 12.6. The van der Waals surface area contributed by atoms with Gasteiger partial charge in [-0.15, -0.1) is 5.10 Å². The molecular formula is C18H18FN5O2. The molecule has 0 fully saturated rings. The van der Waals surface area contributed by atoms with E-state index in [9.17, 15) is 9.18 Å². The van der Waals surface area contributed by atoms with E-state index in [1.807, 2.05) is 30.3 Å². The van der Waals surface area contributed by atoms with Gasteiger partial charge in [-0.2, -0.15) is 0 Å². The molecule has 1 atom stereocenters. The Balaban J connectivity index is 1.66. The third-order valence-corrected chi connectivity index (χ3v) is 3.85. The summed E-state index contributed by atoms with van der Waals surface area (Å²) in [6.07, 6.45) is 0.415. The number of amides is 1. The van der Waals surface area contributed by atoms with Gasteiger partial charge >= 0.3 is 0 Å².